The van der Waals surface area contributed by atoms with Crippen molar-refractivity contribution in [2.45, 2.75) is 56.1 Å². The van der Waals surface area contributed by atoms with E-state index in [4.69, 9.17) is 0 Å². The summed E-state index contributed by atoms with van der Waals surface area (Å²) in [6.07, 6.45) is 5.42. The number of carbonyl (C=O) groups is 1. The molecule has 1 unspecified atom stereocenters. The zero-order valence-corrected chi connectivity index (χ0v) is 16.7. The summed E-state index contributed by atoms with van der Waals surface area (Å²) in [5.74, 6) is 2.72. The van der Waals surface area contributed by atoms with Crippen molar-refractivity contribution in [1.29, 1.82) is 0 Å². The Morgan fingerprint density at radius 1 is 1.09 bits per heavy atom. The highest BCUT2D eigenvalue weighted by atomic mass is 33.1. The molecule has 0 fully saturated rings. The van der Waals surface area contributed by atoms with Crippen molar-refractivity contribution in [3.8, 4) is 0 Å². The molecular formula is C17H26OS4. The summed E-state index contributed by atoms with van der Waals surface area (Å²) in [5, 5.41) is 0.683. The molecule has 0 saturated heterocycles. The molecular weight excluding hydrogens is 348 g/mol. The highest BCUT2D eigenvalue weighted by Crippen LogP contribution is 2.38. The van der Waals surface area contributed by atoms with Gasteiger partial charge >= 0.3 is 0 Å². The summed E-state index contributed by atoms with van der Waals surface area (Å²) in [6, 6.07) is 10.6. The molecule has 0 radical (unpaired) electrons. The summed E-state index contributed by atoms with van der Waals surface area (Å²) in [4.78, 5) is 12.4. The Bertz CT molecular complexity index is 397. The molecule has 0 aromatic heterocycles. The van der Waals surface area contributed by atoms with Crippen molar-refractivity contribution in [1.82, 2.24) is 0 Å². The number of rotatable bonds is 13. The van der Waals surface area contributed by atoms with Gasteiger partial charge in [-0.25, -0.2) is 0 Å². The summed E-state index contributed by atoms with van der Waals surface area (Å²) in [7, 11) is 7.83. The fourth-order valence-electron chi connectivity index (χ4n) is 1.91. The van der Waals surface area contributed by atoms with Gasteiger partial charge in [0.25, 0.3) is 0 Å². The number of unbranched alkanes of at least 4 members (excludes halogenated alkanes) is 1. The fourth-order valence-corrected chi connectivity index (χ4v) is 6.51. The summed E-state index contributed by atoms with van der Waals surface area (Å²) >= 11 is 0. The lowest BCUT2D eigenvalue weighted by Crippen LogP contribution is -2.03. The van der Waals surface area contributed by atoms with Gasteiger partial charge in [0.15, 0.2) is 0 Å². The maximum absolute atomic E-state index is 11.0. The summed E-state index contributed by atoms with van der Waals surface area (Å²) < 4.78 is 0. The van der Waals surface area contributed by atoms with Crippen LogP contribution in [0.4, 0.5) is 0 Å². The monoisotopic (exact) mass is 374 g/mol. The molecule has 0 bridgehead atoms. The summed E-state index contributed by atoms with van der Waals surface area (Å²) in [5.41, 5.74) is 0. The van der Waals surface area contributed by atoms with Gasteiger partial charge < -0.3 is 4.79 Å². The van der Waals surface area contributed by atoms with Crippen LogP contribution in [0.2, 0.25) is 0 Å². The zero-order chi connectivity index (χ0) is 16.0. The van der Waals surface area contributed by atoms with Crippen LogP contribution in [0.3, 0.4) is 0 Å². The van der Waals surface area contributed by atoms with Crippen molar-refractivity contribution in [3.05, 3.63) is 30.3 Å². The first kappa shape index (κ1) is 20.3. The van der Waals surface area contributed by atoms with Crippen molar-refractivity contribution in [3.63, 3.8) is 0 Å². The molecule has 0 amide bonds. The minimum atomic E-state index is 0.317. The molecule has 1 nitrogen and oxygen atoms in total. The Balaban J connectivity index is 2.30. The van der Waals surface area contributed by atoms with Gasteiger partial charge in [-0.2, -0.15) is 0 Å². The molecule has 0 aliphatic carbocycles. The quantitative estimate of drug-likeness (QED) is 0.280. The van der Waals surface area contributed by atoms with Gasteiger partial charge in [0.2, 0.25) is 0 Å². The first-order chi connectivity index (χ1) is 10.7. The minimum Gasteiger partial charge on any atom is -0.300 e. The van der Waals surface area contributed by atoms with E-state index in [9.17, 15) is 4.79 Å². The van der Waals surface area contributed by atoms with Gasteiger partial charge in [0, 0.05) is 28.1 Å². The highest BCUT2D eigenvalue weighted by molar-refractivity contribution is 8.77. The van der Waals surface area contributed by atoms with Crippen LogP contribution < -0.4 is 0 Å². The van der Waals surface area contributed by atoms with Gasteiger partial charge in [-0.15, -0.1) is 0 Å². The second-order valence-corrected chi connectivity index (χ2v) is 10.5. The molecule has 0 aliphatic heterocycles. The van der Waals surface area contributed by atoms with Gasteiger partial charge in [-0.05, 0) is 38.3 Å². The molecule has 5 heteroatoms. The third-order valence-electron chi connectivity index (χ3n) is 3.05. The maximum Gasteiger partial charge on any atom is 0.129 e. The Hall–Kier alpha value is 0.290. The van der Waals surface area contributed by atoms with E-state index in [2.05, 4.69) is 37.3 Å². The van der Waals surface area contributed by atoms with Crippen LogP contribution in [0.15, 0.2) is 35.2 Å². The average Bonchev–Trinajstić information content (AvgIpc) is 2.53. The zero-order valence-electron chi connectivity index (χ0n) is 13.5. The van der Waals surface area contributed by atoms with Crippen molar-refractivity contribution in [2.24, 2.45) is 0 Å². The van der Waals surface area contributed by atoms with E-state index in [-0.39, 0.29) is 0 Å². The van der Waals surface area contributed by atoms with Crippen molar-refractivity contribution in [2.75, 3.05) is 11.5 Å². The summed E-state index contributed by atoms with van der Waals surface area (Å²) in [6.45, 7) is 3.90. The lowest BCUT2D eigenvalue weighted by molar-refractivity contribution is -0.117. The number of Topliss-reactive ketones (excluding diaryl/α,β-unsaturated/α-hetero) is 1. The van der Waals surface area contributed by atoms with Crippen molar-refractivity contribution >= 4 is 49.0 Å². The van der Waals surface area contributed by atoms with Crippen molar-refractivity contribution < 1.29 is 4.79 Å². The van der Waals surface area contributed by atoms with Crippen LogP contribution in [0, 0.1) is 0 Å². The molecule has 0 saturated carbocycles. The third kappa shape index (κ3) is 10.9. The van der Waals surface area contributed by atoms with E-state index in [1.807, 2.05) is 43.2 Å². The lowest BCUT2D eigenvalue weighted by Gasteiger charge is -2.15. The fraction of sp³-hybridized carbons (Fsp3) is 0.588. The lowest BCUT2D eigenvalue weighted by atomic mass is 10.1. The molecule has 1 rings (SSSR count). The van der Waals surface area contributed by atoms with Crippen LogP contribution in [-0.2, 0) is 4.79 Å². The first-order valence-electron chi connectivity index (χ1n) is 7.84. The molecule has 1 aromatic carbocycles. The van der Waals surface area contributed by atoms with Gasteiger partial charge in [-0.1, -0.05) is 74.7 Å². The number of carbonyl (C=O) groups excluding carboxylic acids is 1. The van der Waals surface area contributed by atoms with E-state index in [1.165, 1.54) is 29.2 Å². The van der Waals surface area contributed by atoms with E-state index >= 15 is 0 Å². The Kier molecular flexibility index (Phi) is 12.7. The molecule has 124 valence electrons. The van der Waals surface area contributed by atoms with Gasteiger partial charge in [-0.3, -0.25) is 0 Å². The standard InChI is InChI=1S/C17H26OS4/c1-3-19-20-14-13-17(12-8-7-9-15(2)18)22-21-16-10-5-4-6-11-16/h4-6,10-11,17H,3,7-9,12-14H2,1-2H3. The van der Waals surface area contributed by atoms with Crippen LogP contribution in [0.5, 0.6) is 0 Å². The van der Waals surface area contributed by atoms with Gasteiger partial charge in [0.1, 0.15) is 5.78 Å². The Morgan fingerprint density at radius 2 is 1.86 bits per heavy atom. The number of hydrogen-bond acceptors (Lipinski definition) is 5. The highest BCUT2D eigenvalue weighted by Gasteiger charge is 2.11. The van der Waals surface area contributed by atoms with Crippen LogP contribution in [0.1, 0.15) is 46.0 Å². The Labute approximate surface area is 151 Å². The van der Waals surface area contributed by atoms with Crippen LogP contribution in [0.25, 0.3) is 0 Å². The predicted molar refractivity (Wildman–Crippen MR) is 108 cm³/mol. The minimum absolute atomic E-state index is 0.317. The first-order valence-corrected chi connectivity index (χ1v) is 12.5. The van der Waals surface area contributed by atoms with E-state index in [1.54, 1.807) is 6.92 Å². The van der Waals surface area contributed by atoms with Crippen LogP contribution >= 0.6 is 43.2 Å². The maximum atomic E-state index is 11.0. The molecule has 0 N–H and O–H groups in total. The topological polar surface area (TPSA) is 17.1 Å². The number of ketones is 1. The second-order valence-electron chi connectivity index (χ2n) is 5.08. The van der Waals surface area contributed by atoms with Crippen LogP contribution in [-0.4, -0.2) is 22.5 Å². The van der Waals surface area contributed by atoms with E-state index < -0.39 is 0 Å². The van der Waals surface area contributed by atoms with Gasteiger partial charge in [0.05, 0.1) is 0 Å². The second kappa shape index (κ2) is 13.7. The molecule has 0 heterocycles. The Morgan fingerprint density at radius 3 is 2.55 bits per heavy atom. The SMILES string of the molecule is CCSSCCC(CCCCC(C)=O)SSc1ccccc1. The average molecular weight is 375 g/mol. The number of benzene rings is 1. The molecule has 22 heavy (non-hydrogen) atoms. The third-order valence-corrected chi connectivity index (χ3v) is 8.55. The smallest absolute Gasteiger partial charge is 0.129 e. The largest absolute Gasteiger partial charge is 0.300 e. The normalized spacial score (nSPS) is 12.3. The molecule has 1 atom stereocenters. The molecule has 1 aromatic rings. The predicted octanol–water partition coefficient (Wildman–Crippen LogP) is 6.74. The van der Waals surface area contributed by atoms with E-state index in [0.29, 0.717) is 11.0 Å². The molecule has 0 spiro atoms. The number of hydrogen-bond donors (Lipinski definition) is 0. The molecule has 0 aliphatic rings. The van der Waals surface area contributed by atoms with E-state index in [0.717, 1.165) is 19.3 Å².